The van der Waals surface area contributed by atoms with Crippen molar-refractivity contribution < 1.29 is 14.3 Å². The zero-order valence-corrected chi connectivity index (χ0v) is 29.0. The number of nitrogens with zero attached hydrogens (tertiary/aromatic N) is 4. The summed E-state index contributed by atoms with van der Waals surface area (Å²) in [5.41, 5.74) is 6.13. The number of hydrogen-bond acceptors (Lipinski definition) is 7. The predicted octanol–water partition coefficient (Wildman–Crippen LogP) is 9.19. The van der Waals surface area contributed by atoms with E-state index in [1.165, 1.54) is 0 Å². The number of amides is 1. The van der Waals surface area contributed by atoms with Gasteiger partial charge < -0.3 is 14.0 Å². The molecule has 0 spiro atoms. The molecule has 47 heavy (non-hydrogen) atoms. The van der Waals surface area contributed by atoms with Gasteiger partial charge in [-0.3, -0.25) is 9.78 Å². The van der Waals surface area contributed by atoms with Gasteiger partial charge in [0.2, 0.25) is 5.88 Å². The summed E-state index contributed by atoms with van der Waals surface area (Å²) in [6.07, 6.45) is 4.01. The maximum Gasteiger partial charge on any atom is 0.292 e. The van der Waals surface area contributed by atoms with E-state index in [0.29, 0.717) is 32.1 Å². The first-order valence-corrected chi connectivity index (χ1v) is 16.6. The first-order valence-electron chi connectivity index (χ1n) is 15.8. The molecule has 8 nitrogen and oxygen atoms in total. The van der Waals surface area contributed by atoms with Gasteiger partial charge in [-0.25, -0.2) is 4.98 Å². The second-order valence-electron chi connectivity index (χ2n) is 13.3. The lowest BCUT2D eigenvalue weighted by atomic mass is 9.87. The van der Waals surface area contributed by atoms with E-state index in [0.717, 1.165) is 55.2 Å². The number of aryl methyl sites for hydroxylation is 1. The molecule has 0 atom stereocenters. The van der Waals surface area contributed by atoms with Crippen molar-refractivity contribution in [3.05, 3.63) is 107 Å². The Labute approximate surface area is 280 Å². The third-order valence-corrected chi connectivity index (χ3v) is 9.06. The van der Waals surface area contributed by atoms with E-state index in [9.17, 15) is 9.70 Å². The van der Waals surface area contributed by atoms with Crippen LogP contribution >= 0.6 is 11.8 Å². The maximum atomic E-state index is 12.7. The number of pyridine rings is 2. The molecule has 9 heteroatoms. The average Bonchev–Trinajstić information content (AvgIpc) is 3.30. The Morgan fingerprint density at radius 2 is 1.64 bits per heavy atom. The van der Waals surface area contributed by atoms with Crippen molar-refractivity contribution in [1.29, 1.82) is 0 Å². The molecule has 0 aliphatic carbocycles. The standard InChI is InChI=1S/C38H42N4O4S/c1-8-45-34-18-14-28(22-40-34)27-12-10-26(11-13-27)23-42-32-17-16-30(46-24-29-15-9-25(2)21-39-29)19-31(32)35(47-37(3,4)5)33(42)20-38(6,7)36(43)41-44/h9-19,21-22H,8,20,23-24H2,1-7H3. The van der Waals surface area contributed by atoms with Gasteiger partial charge in [-0.05, 0) is 60.9 Å². The summed E-state index contributed by atoms with van der Waals surface area (Å²) in [6.45, 7) is 15.5. The highest BCUT2D eigenvalue weighted by molar-refractivity contribution is 8.00. The molecule has 0 unspecified atom stereocenters. The largest absolute Gasteiger partial charge is 0.487 e. The van der Waals surface area contributed by atoms with Crippen LogP contribution in [0.5, 0.6) is 11.6 Å². The molecule has 0 fully saturated rings. The van der Waals surface area contributed by atoms with Crippen molar-refractivity contribution in [3.8, 4) is 22.8 Å². The Hall–Kier alpha value is -4.50. The molecule has 0 saturated carbocycles. The smallest absolute Gasteiger partial charge is 0.292 e. The Morgan fingerprint density at radius 3 is 2.26 bits per heavy atom. The molecule has 3 heterocycles. The minimum atomic E-state index is -0.984. The van der Waals surface area contributed by atoms with E-state index < -0.39 is 11.3 Å². The van der Waals surface area contributed by atoms with Gasteiger partial charge in [-0.2, -0.15) is 0 Å². The molecule has 0 bridgehead atoms. The molecule has 0 radical (unpaired) electrons. The number of rotatable bonds is 12. The van der Waals surface area contributed by atoms with Gasteiger partial charge in [0.15, 0.2) is 0 Å². The summed E-state index contributed by atoms with van der Waals surface area (Å²) < 4.78 is 13.9. The Morgan fingerprint density at radius 1 is 0.894 bits per heavy atom. The summed E-state index contributed by atoms with van der Waals surface area (Å²) in [4.78, 5) is 34.1. The van der Waals surface area contributed by atoms with E-state index in [-0.39, 0.29) is 4.75 Å². The van der Waals surface area contributed by atoms with Crippen LogP contribution in [-0.4, -0.2) is 31.8 Å². The van der Waals surface area contributed by atoms with Crippen molar-refractivity contribution in [1.82, 2.24) is 14.5 Å². The lowest BCUT2D eigenvalue weighted by Gasteiger charge is -2.24. The molecule has 3 aromatic heterocycles. The summed E-state index contributed by atoms with van der Waals surface area (Å²) in [7, 11) is 0. The number of carbonyl (C=O) groups excluding carboxylic acids is 1. The van der Waals surface area contributed by atoms with Gasteiger partial charge in [-0.1, -0.05) is 65.0 Å². The van der Waals surface area contributed by atoms with E-state index >= 15 is 0 Å². The highest BCUT2D eigenvalue weighted by Crippen LogP contribution is 2.44. The lowest BCUT2D eigenvalue weighted by molar-refractivity contribution is -0.125. The highest BCUT2D eigenvalue weighted by Gasteiger charge is 2.33. The monoisotopic (exact) mass is 650 g/mol. The van der Waals surface area contributed by atoms with Crippen LogP contribution in [0, 0.1) is 17.2 Å². The van der Waals surface area contributed by atoms with E-state index in [4.69, 9.17) is 9.47 Å². The summed E-state index contributed by atoms with van der Waals surface area (Å²) in [5, 5.41) is 3.85. The van der Waals surface area contributed by atoms with Crippen molar-refractivity contribution >= 4 is 28.6 Å². The van der Waals surface area contributed by atoms with Gasteiger partial charge in [0, 0.05) is 68.4 Å². The van der Waals surface area contributed by atoms with E-state index in [1.807, 2.05) is 56.6 Å². The molecular formula is C38H42N4O4S. The van der Waals surface area contributed by atoms with E-state index in [1.54, 1.807) is 25.6 Å². The fourth-order valence-corrected chi connectivity index (χ4v) is 6.54. The molecule has 1 amide bonds. The minimum absolute atomic E-state index is 0.124. The Bertz CT molecular complexity index is 1860. The van der Waals surface area contributed by atoms with Gasteiger partial charge in [0.05, 0.1) is 17.7 Å². The predicted molar refractivity (Wildman–Crippen MR) is 189 cm³/mol. The fraction of sp³-hybridized carbons (Fsp3) is 0.342. The summed E-state index contributed by atoms with van der Waals surface area (Å²) >= 11 is 1.75. The SMILES string of the molecule is CCOc1ccc(-c2ccc(Cn3c(CC(C)(C)C(=O)N=O)c(SC(C)(C)C)c4cc(OCc5ccc(C)cn5)ccc43)cc2)cn1. The number of nitroso groups, excluding NO2 is 1. The second kappa shape index (κ2) is 14.1. The van der Waals surface area contributed by atoms with Crippen LogP contribution in [0.3, 0.4) is 0 Å². The molecule has 0 aliphatic rings. The topological polar surface area (TPSA) is 95.7 Å². The highest BCUT2D eigenvalue weighted by atomic mass is 32.2. The average molecular weight is 651 g/mol. The van der Waals surface area contributed by atoms with Gasteiger partial charge in [0.1, 0.15) is 12.4 Å². The quantitative estimate of drug-likeness (QED) is 0.0981. The Kier molecular flexibility index (Phi) is 10.2. The second-order valence-corrected chi connectivity index (χ2v) is 15.2. The van der Waals surface area contributed by atoms with Crippen molar-refractivity contribution in [3.63, 3.8) is 0 Å². The number of thioether (sulfide) groups is 1. The van der Waals surface area contributed by atoms with Crippen LogP contribution in [0.2, 0.25) is 0 Å². The zero-order chi connectivity index (χ0) is 33.8. The van der Waals surface area contributed by atoms with Crippen LogP contribution in [0.1, 0.15) is 64.1 Å². The van der Waals surface area contributed by atoms with Crippen molar-refractivity contribution in [2.75, 3.05) is 6.61 Å². The normalized spacial score (nSPS) is 11.9. The lowest BCUT2D eigenvalue weighted by Crippen LogP contribution is -2.26. The van der Waals surface area contributed by atoms with Gasteiger partial charge >= 0.3 is 0 Å². The van der Waals surface area contributed by atoms with E-state index in [2.05, 4.69) is 76.9 Å². The number of hydrogen-bond donors (Lipinski definition) is 0. The molecule has 244 valence electrons. The minimum Gasteiger partial charge on any atom is -0.487 e. The van der Waals surface area contributed by atoms with Crippen LogP contribution in [0.4, 0.5) is 0 Å². The molecule has 2 aromatic carbocycles. The van der Waals surface area contributed by atoms with Crippen LogP contribution < -0.4 is 9.47 Å². The number of aromatic nitrogens is 3. The van der Waals surface area contributed by atoms with Crippen LogP contribution in [-0.2, 0) is 24.4 Å². The molecule has 0 aliphatic heterocycles. The molecule has 5 rings (SSSR count). The maximum absolute atomic E-state index is 12.7. The molecule has 5 aromatic rings. The summed E-state index contributed by atoms with van der Waals surface area (Å²) in [6, 6.07) is 22.5. The number of carbonyl (C=O) groups is 1. The molecule has 0 saturated heterocycles. The van der Waals surface area contributed by atoms with Gasteiger partial charge in [0.25, 0.3) is 5.91 Å². The fourth-order valence-electron chi connectivity index (χ4n) is 5.35. The third kappa shape index (κ3) is 8.27. The first kappa shape index (κ1) is 33.9. The van der Waals surface area contributed by atoms with Crippen molar-refractivity contribution in [2.24, 2.45) is 10.6 Å². The number of benzene rings is 2. The molecular weight excluding hydrogens is 609 g/mol. The first-order chi connectivity index (χ1) is 22.4. The molecule has 0 N–H and O–H groups in total. The zero-order valence-electron chi connectivity index (χ0n) is 28.2. The number of ether oxygens (including phenoxy) is 2. The van der Waals surface area contributed by atoms with Gasteiger partial charge in [-0.15, -0.1) is 16.7 Å². The third-order valence-electron chi connectivity index (χ3n) is 7.79. The van der Waals surface area contributed by atoms with Crippen LogP contribution in [0.15, 0.2) is 89.2 Å². The summed E-state index contributed by atoms with van der Waals surface area (Å²) in [5.74, 6) is 0.678. The van der Waals surface area contributed by atoms with Crippen LogP contribution in [0.25, 0.3) is 22.0 Å². The Balaban J connectivity index is 1.56. The number of fused-ring (bicyclic) bond motifs is 1. The van der Waals surface area contributed by atoms with Crippen molar-refractivity contribution in [2.45, 2.75) is 77.7 Å².